The fourth-order valence-corrected chi connectivity index (χ4v) is 2.77. The van der Waals surface area contributed by atoms with E-state index >= 15 is 0 Å². The number of hydrogen-bond donors (Lipinski definition) is 2. The molecule has 0 bridgehead atoms. The first-order valence-electron chi connectivity index (χ1n) is 9.67. The molecule has 154 valence electrons. The van der Waals surface area contributed by atoms with Crippen LogP contribution in [0.1, 0.15) is 22.8 Å². The third-order valence-corrected chi connectivity index (χ3v) is 4.31. The summed E-state index contributed by atoms with van der Waals surface area (Å²) in [5.74, 6) is 0.917. The zero-order valence-electron chi connectivity index (χ0n) is 17.0. The van der Waals surface area contributed by atoms with Crippen molar-refractivity contribution in [3.05, 3.63) is 83.9 Å². The third kappa shape index (κ3) is 5.85. The van der Waals surface area contributed by atoms with Gasteiger partial charge >= 0.3 is 0 Å². The van der Waals surface area contributed by atoms with Gasteiger partial charge in [-0.05, 0) is 74.0 Å². The van der Waals surface area contributed by atoms with Gasteiger partial charge in [-0.2, -0.15) is 0 Å². The fourth-order valence-electron chi connectivity index (χ4n) is 2.77. The van der Waals surface area contributed by atoms with Gasteiger partial charge in [0.25, 0.3) is 11.8 Å². The Morgan fingerprint density at radius 1 is 0.800 bits per heavy atom. The van der Waals surface area contributed by atoms with Crippen molar-refractivity contribution in [3.8, 4) is 11.5 Å². The lowest BCUT2D eigenvalue weighted by molar-refractivity contribution is -0.118. The molecule has 3 aromatic carbocycles. The lowest BCUT2D eigenvalue weighted by atomic mass is 10.2. The highest BCUT2D eigenvalue weighted by Gasteiger charge is 2.09. The van der Waals surface area contributed by atoms with Crippen molar-refractivity contribution >= 4 is 23.2 Å². The van der Waals surface area contributed by atoms with Crippen LogP contribution < -0.4 is 20.1 Å². The van der Waals surface area contributed by atoms with Crippen LogP contribution in [0.4, 0.5) is 11.4 Å². The van der Waals surface area contributed by atoms with Crippen LogP contribution in [0.5, 0.6) is 11.5 Å². The van der Waals surface area contributed by atoms with Crippen LogP contribution >= 0.6 is 0 Å². The van der Waals surface area contributed by atoms with E-state index in [0.717, 1.165) is 11.3 Å². The molecule has 0 saturated carbocycles. The monoisotopic (exact) mass is 404 g/mol. The minimum absolute atomic E-state index is 0.0924. The number of benzene rings is 3. The van der Waals surface area contributed by atoms with Crippen molar-refractivity contribution in [1.29, 1.82) is 0 Å². The van der Waals surface area contributed by atoms with Crippen LogP contribution in [0.25, 0.3) is 0 Å². The molecule has 0 spiro atoms. The molecule has 0 aliphatic heterocycles. The number of para-hydroxylation sites is 1. The fraction of sp³-hybridized carbons (Fsp3) is 0.167. The Morgan fingerprint density at radius 3 is 2.10 bits per heavy atom. The number of amides is 2. The summed E-state index contributed by atoms with van der Waals surface area (Å²) in [6.45, 7) is 4.33. The number of carbonyl (C=O) groups excluding carboxylic acids is 2. The van der Waals surface area contributed by atoms with Gasteiger partial charge in [0.1, 0.15) is 11.5 Å². The summed E-state index contributed by atoms with van der Waals surface area (Å²) >= 11 is 0. The van der Waals surface area contributed by atoms with E-state index < -0.39 is 0 Å². The largest absolute Gasteiger partial charge is 0.494 e. The summed E-state index contributed by atoms with van der Waals surface area (Å²) in [6, 6.07) is 21.4. The van der Waals surface area contributed by atoms with Crippen LogP contribution in [-0.4, -0.2) is 25.0 Å². The summed E-state index contributed by atoms with van der Waals surface area (Å²) in [4.78, 5) is 24.5. The summed E-state index contributed by atoms with van der Waals surface area (Å²) in [6.07, 6.45) is 0. The Morgan fingerprint density at radius 2 is 1.43 bits per heavy atom. The van der Waals surface area contributed by atoms with Gasteiger partial charge in [0.05, 0.1) is 6.61 Å². The van der Waals surface area contributed by atoms with E-state index in [1.54, 1.807) is 48.5 Å². The molecule has 2 N–H and O–H groups in total. The van der Waals surface area contributed by atoms with Gasteiger partial charge in [-0.3, -0.25) is 9.59 Å². The molecule has 0 unspecified atom stereocenters. The molecule has 0 saturated heterocycles. The van der Waals surface area contributed by atoms with Crippen LogP contribution in [-0.2, 0) is 4.79 Å². The average molecular weight is 404 g/mol. The number of nitrogens with one attached hydrogen (secondary N) is 2. The summed E-state index contributed by atoms with van der Waals surface area (Å²) in [5, 5.41) is 5.59. The van der Waals surface area contributed by atoms with E-state index in [4.69, 9.17) is 9.47 Å². The maximum absolute atomic E-state index is 12.4. The van der Waals surface area contributed by atoms with Gasteiger partial charge in [-0.25, -0.2) is 0 Å². The smallest absolute Gasteiger partial charge is 0.262 e. The quantitative estimate of drug-likeness (QED) is 0.572. The van der Waals surface area contributed by atoms with Crippen LogP contribution in [0.3, 0.4) is 0 Å². The summed E-state index contributed by atoms with van der Waals surface area (Å²) in [7, 11) is 0. The third-order valence-electron chi connectivity index (χ3n) is 4.31. The second kappa shape index (κ2) is 10.1. The zero-order chi connectivity index (χ0) is 21.3. The van der Waals surface area contributed by atoms with Crippen molar-refractivity contribution in [1.82, 2.24) is 0 Å². The standard InChI is InChI=1S/C24H24N2O4/c1-3-29-21-14-12-20(13-15-21)26-24(28)18-8-10-19(11-9-18)25-23(27)16-30-22-7-5-4-6-17(22)2/h4-15H,3,16H2,1-2H3,(H,25,27)(H,26,28). The van der Waals surface area contributed by atoms with E-state index in [1.807, 2.05) is 38.1 Å². The lowest BCUT2D eigenvalue weighted by Gasteiger charge is -2.10. The van der Waals surface area contributed by atoms with Gasteiger partial charge in [-0.15, -0.1) is 0 Å². The molecule has 0 heterocycles. The van der Waals surface area contributed by atoms with Crippen LogP contribution in [0, 0.1) is 6.92 Å². The average Bonchev–Trinajstić information content (AvgIpc) is 2.75. The number of rotatable bonds is 8. The first-order chi connectivity index (χ1) is 14.5. The number of ether oxygens (including phenoxy) is 2. The predicted octanol–water partition coefficient (Wildman–Crippen LogP) is 4.66. The Labute approximate surface area is 175 Å². The second-order valence-corrected chi connectivity index (χ2v) is 6.59. The SMILES string of the molecule is CCOc1ccc(NC(=O)c2ccc(NC(=O)COc3ccccc3C)cc2)cc1. The number of anilines is 2. The maximum Gasteiger partial charge on any atom is 0.262 e. The van der Waals surface area contributed by atoms with Crippen molar-refractivity contribution < 1.29 is 19.1 Å². The highest BCUT2D eigenvalue weighted by atomic mass is 16.5. The molecule has 0 aliphatic carbocycles. The summed E-state index contributed by atoms with van der Waals surface area (Å²) < 4.78 is 10.9. The second-order valence-electron chi connectivity index (χ2n) is 6.59. The minimum atomic E-state index is -0.273. The Bertz CT molecular complexity index is 998. The first kappa shape index (κ1) is 20.9. The highest BCUT2D eigenvalue weighted by Crippen LogP contribution is 2.18. The lowest BCUT2D eigenvalue weighted by Crippen LogP contribution is -2.20. The summed E-state index contributed by atoms with van der Waals surface area (Å²) in [5.41, 5.74) is 2.71. The molecule has 0 atom stereocenters. The number of carbonyl (C=O) groups is 2. The molecule has 6 nitrogen and oxygen atoms in total. The van der Waals surface area contributed by atoms with Crippen molar-refractivity contribution in [2.45, 2.75) is 13.8 Å². The molecule has 2 amide bonds. The Balaban J connectivity index is 1.51. The van der Waals surface area contributed by atoms with Gasteiger partial charge in [0, 0.05) is 16.9 Å². The molecule has 3 rings (SSSR count). The molecule has 0 radical (unpaired) electrons. The molecule has 0 aliphatic rings. The van der Waals surface area contributed by atoms with E-state index in [2.05, 4.69) is 10.6 Å². The van der Waals surface area contributed by atoms with E-state index in [-0.39, 0.29) is 18.4 Å². The van der Waals surface area contributed by atoms with Crippen LogP contribution in [0.15, 0.2) is 72.8 Å². The Kier molecular flexibility index (Phi) is 7.05. The molecule has 0 aromatic heterocycles. The maximum atomic E-state index is 12.4. The van der Waals surface area contributed by atoms with E-state index in [1.165, 1.54) is 0 Å². The number of aryl methyl sites for hydroxylation is 1. The zero-order valence-corrected chi connectivity index (χ0v) is 17.0. The van der Waals surface area contributed by atoms with Crippen molar-refractivity contribution in [2.75, 3.05) is 23.8 Å². The topological polar surface area (TPSA) is 76.7 Å². The minimum Gasteiger partial charge on any atom is -0.494 e. The van der Waals surface area contributed by atoms with Crippen molar-refractivity contribution in [3.63, 3.8) is 0 Å². The van der Waals surface area contributed by atoms with Gasteiger partial charge in [0.2, 0.25) is 0 Å². The normalized spacial score (nSPS) is 10.2. The molecular weight excluding hydrogens is 380 g/mol. The molecular formula is C24H24N2O4. The number of hydrogen-bond acceptors (Lipinski definition) is 4. The molecule has 30 heavy (non-hydrogen) atoms. The molecule has 6 heteroatoms. The van der Waals surface area contributed by atoms with Gasteiger partial charge in [0.15, 0.2) is 6.61 Å². The molecule has 0 fully saturated rings. The van der Waals surface area contributed by atoms with Crippen LogP contribution in [0.2, 0.25) is 0 Å². The van der Waals surface area contributed by atoms with Gasteiger partial charge in [-0.1, -0.05) is 18.2 Å². The van der Waals surface area contributed by atoms with E-state index in [0.29, 0.717) is 29.3 Å². The first-order valence-corrected chi connectivity index (χ1v) is 9.67. The predicted molar refractivity (Wildman–Crippen MR) is 117 cm³/mol. The van der Waals surface area contributed by atoms with E-state index in [9.17, 15) is 9.59 Å². The van der Waals surface area contributed by atoms with Crippen molar-refractivity contribution in [2.24, 2.45) is 0 Å². The van der Waals surface area contributed by atoms with Gasteiger partial charge < -0.3 is 20.1 Å². The Hall–Kier alpha value is -3.80. The highest BCUT2D eigenvalue weighted by molar-refractivity contribution is 6.04. The molecule has 3 aromatic rings.